The van der Waals surface area contributed by atoms with Gasteiger partial charge in [0.05, 0.1) is 6.54 Å². The molecule has 0 bridgehead atoms. The summed E-state index contributed by atoms with van der Waals surface area (Å²) in [5, 5.41) is 4.68. The molecule has 3 aromatic heterocycles. The molecule has 2 amide bonds. The zero-order valence-electron chi connectivity index (χ0n) is 17.1. The maximum Gasteiger partial charge on any atom is 0.288 e. The number of hydrazine groups is 1. The topological polar surface area (TPSA) is 102 Å². The van der Waals surface area contributed by atoms with Gasteiger partial charge in [-0.2, -0.15) is 5.10 Å². The number of rotatable bonds is 6. The van der Waals surface area contributed by atoms with Crippen LogP contribution in [0.3, 0.4) is 0 Å². The number of nitrogens with one attached hydrogen (secondary N) is 2. The van der Waals surface area contributed by atoms with Crippen molar-refractivity contribution in [3.05, 3.63) is 108 Å². The molecule has 0 aliphatic rings. The molecule has 8 nitrogen and oxygen atoms in total. The highest BCUT2D eigenvalue weighted by Gasteiger charge is 2.11. The lowest BCUT2D eigenvalue weighted by atomic mass is 10.1. The molecule has 0 saturated carbocycles. The zero-order chi connectivity index (χ0) is 22.2. The minimum atomic E-state index is -0.501. The summed E-state index contributed by atoms with van der Waals surface area (Å²) in [6.45, 7) is 0.592. The summed E-state index contributed by atoms with van der Waals surface area (Å²) >= 11 is 0. The van der Waals surface area contributed by atoms with Crippen LogP contribution in [0.25, 0.3) is 17.3 Å². The summed E-state index contributed by atoms with van der Waals surface area (Å²) in [4.78, 5) is 32.3. The Morgan fingerprint density at radius 3 is 2.53 bits per heavy atom. The predicted octanol–water partition coefficient (Wildman–Crippen LogP) is 2.86. The average molecular weight is 424 g/mol. The minimum Gasteiger partial charge on any atom is -0.268 e. The number of nitrogens with zero attached hydrogens (tertiary/aromatic N) is 4. The molecule has 32 heavy (non-hydrogen) atoms. The van der Waals surface area contributed by atoms with Crippen LogP contribution in [0.4, 0.5) is 0 Å². The quantitative estimate of drug-likeness (QED) is 0.366. The van der Waals surface area contributed by atoms with Crippen LogP contribution >= 0.6 is 0 Å². The molecule has 0 spiro atoms. The third kappa shape index (κ3) is 5.31. The van der Waals surface area contributed by atoms with Gasteiger partial charge in [-0.05, 0) is 35.9 Å². The van der Waals surface area contributed by atoms with Crippen LogP contribution in [0.5, 0.6) is 0 Å². The van der Waals surface area contributed by atoms with Crippen molar-refractivity contribution < 1.29 is 9.59 Å². The molecule has 1 aromatic carbocycles. The van der Waals surface area contributed by atoms with E-state index >= 15 is 0 Å². The lowest BCUT2D eigenvalue weighted by molar-refractivity contribution is -0.117. The maximum absolute atomic E-state index is 12.2. The van der Waals surface area contributed by atoms with E-state index in [2.05, 4.69) is 25.9 Å². The van der Waals surface area contributed by atoms with Gasteiger partial charge in [-0.1, -0.05) is 36.4 Å². The molecule has 8 heteroatoms. The maximum atomic E-state index is 12.2. The van der Waals surface area contributed by atoms with E-state index in [4.69, 9.17) is 0 Å². The van der Waals surface area contributed by atoms with E-state index in [1.165, 1.54) is 12.3 Å². The average Bonchev–Trinajstić information content (AvgIpc) is 3.25. The lowest BCUT2D eigenvalue weighted by Crippen LogP contribution is -2.41. The minimum absolute atomic E-state index is 0.206. The molecule has 0 aliphatic carbocycles. The largest absolute Gasteiger partial charge is 0.288 e. The molecule has 2 N–H and O–H groups in total. The molecule has 0 saturated heterocycles. The molecule has 0 unspecified atom stereocenters. The van der Waals surface area contributed by atoms with Crippen LogP contribution in [0.15, 0.2) is 91.5 Å². The molecule has 0 fully saturated rings. The van der Waals surface area contributed by atoms with Crippen molar-refractivity contribution in [3.8, 4) is 11.3 Å². The first-order valence-electron chi connectivity index (χ1n) is 9.90. The van der Waals surface area contributed by atoms with Crippen molar-refractivity contribution in [1.29, 1.82) is 0 Å². The van der Waals surface area contributed by atoms with Crippen LogP contribution in [0, 0.1) is 0 Å². The Hall–Kier alpha value is -4.59. The van der Waals surface area contributed by atoms with Gasteiger partial charge < -0.3 is 0 Å². The van der Waals surface area contributed by atoms with Gasteiger partial charge in [0, 0.05) is 42.0 Å². The van der Waals surface area contributed by atoms with Gasteiger partial charge in [0.2, 0.25) is 0 Å². The molecule has 3 heterocycles. The Morgan fingerprint density at radius 2 is 1.78 bits per heavy atom. The fraction of sp³-hybridized carbons (Fsp3) is 0.0417. The number of amides is 2. The number of benzene rings is 1. The SMILES string of the molecule is O=C(/C=C/c1cn(Cc2ccccc2)nc1-c1cccnc1)NNC(=O)c1ccccn1. The second kappa shape index (κ2) is 9.94. The number of aromatic nitrogens is 4. The van der Waals surface area contributed by atoms with Gasteiger partial charge in [0.25, 0.3) is 11.8 Å². The molecule has 4 aromatic rings. The van der Waals surface area contributed by atoms with E-state index in [0.717, 1.165) is 16.7 Å². The number of hydrogen-bond donors (Lipinski definition) is 2. The van der Waals surface area contributed by atoms with E-state index in [0.29, 0.717) is 12.2 Å². The summed E-state index contributed by atoms with van der Waals surface area (Å²) in [6.07, 6.45) is 9.77. The normalized spacial score (nSPS) is 10.8. The van der Waals surface area contributed by atoms with E-state index in [1.807, 2.05) is 53.3 Å². The van der Waals surface area contributed by atoms with E-state index in [-0.39, 0.29) is 5.69 Å². The van der Waals surface area contributed by atoms with Crippen LogP contribution in [0.2, 0.25) is 0 Å². The van der Waals surface area contributed by atoms with Gasteiger partial charge in [0.1, 0.15) is 11.4 Å². The second-order valence-electron chi connectivity index (χ2n) is 6.85. The molecule has 0 radical (unpaired) electrons. The van der Waals surface area contributed by atoms with Gasteiger partial charge in [-0.25, -0.2) is 0 Å². The third-order valence-corrected chi connectivity index (χ3v) is 4.52. The Labute approximate surface area is 184 Å². The number of carbonyl (C=O) groups is 2. The Bertz CT molecular complexity index is 1220. The molecule has 0 aliphatic heterocycles. The van der Waals surface area contributed by atoms with Crippen molar-refractivity contribution >= 4 is 17.9 Å². The summed E-state index contributed by atoms with van der Waals surface area (Å²) in [7, 11) is 0. The highest BCUT2D eigenvalue weighted by Crippen LogP contribution is 2.23. The third-order valence-electron chi connectivity index (χ3n) is 4.52. The first-order valence-corrected chi connectivity index (χ1v) is 9.90. The summed E-state index contributed by atoms with van der Waals surface area (Å²) in [5.74, 6) is -0.985. The molecular formula is C24H20N6O2. The van der Waals surface area contributed by atoms with Crippen LogP contribution in [0.1, 0.15) is 21.6 Å². The summed E-state index contributed by atoms with van der Waals surface area (Å²) in [6, 6.07) is 18.7. The van der Waals surface area contributed by atoms with Gasteiger partial charge in [-0.15, -0.1) is 0 Å². The first-order chi connectivity index (χ1) is 15.7. The van der Waals surface area contributed by atoms with Crippen LogP contribution in [-0.2, 0) is 11.3 Å². The van der Waals surface area contributed by atoms with Crippen molar-refractivity contribution in [2.45, 2.75) is 6.54 Å². The summed E-state index contributed by atoms with van der Waals surface area (Å²) < 4.78 is 1.82. The van der Waals surface area contributed by atoms with Gasteiger partial charge >= 0.3 is 0 Å². The van der Waals surface area contributed by atoms with E-state index in [9.17, 15) is 9.59 Å². The highest BCUT2D eigenvalue weighted by molar-refractivity contribution is 5.97. The summed E-state index contributed by atoms with van der Waals surface area (Å²) in [5.41, 5.74) is 8.29. The zero-order valence-corrected chi connectivity index (χ0v) is 17.1. The van der Waals surface area contributed by atoms with Crippen LogP contribution in [-0.4, -0.2) is 31.6 Å². The van der Waals surface area contributed by atoms with Gasteiger partial charge in [-0.3, -0.25) is 35.1 Å². The Balaban J connectivity index is 1.49. The van der Waals surface area contributed by atoms with E-state index < -0.39 is 11.8 Å². The monoisotopic (exact) mass is 424 g/mol. The van der Waals surface area contributed by atoms with Crippen LogP contribution < -0.4 is 10.9 Å². The molecular weight excluding hydrogens is 404 g/mol. The second-order valence-corrected chi connectivity index (χ2v) is 6.85. The molecule has 158 valence electrons. The standard InChI is InChI=1S/C24H20N6O2/c31-22(27-28-24(32)21-10-4-5-14-26-21)12-11-20-17-30(16-18-7-2-1-3-8-18)29-23(20)19-9-6-13-25-15-19/h1-15,17H,16H2,(H,27,31)(H,28,32)/b12-11+. The number of carbonyl (C=O) groups excluding carboxylic acids is 2. The Morgan fingerprint density at radius 1 is 0.938 bits per heavy atom. The highest BCUT2D eigenvalue weighted by atomic mass is 16.2. The molecule has 0 atom stereocenters. The van der Waals surface area contributed by atoms with Crippen molar-refractivity contribution in [2.24, 2.45) is 0 Å². The Kier molecular flexibility index (Phi) is 6.42. The van der Waals surface area contributed by atoms with Crippen molar-refractivity contribution in [1.82, 2.24) is 30.6 Å². The lowest BCUT2D eigenvalue weighted by Gasteiger charge is -2.04. The fourth-order valence-corrected chi connectivity index (χ4v) is 3.02. The van der Waals surface area contributed by atoms with E-state index in [1.54, 1.807) is 36.7 Å². The first kappa shape index (κ1) is 20.7. The number of hydrogen-bond acceptors (Lipinski definition) is 5. The van der Waals surface area contributed by atoms with Crippen molar-refractivity contribution in [2.75, 3.05) is 0 Å². The van der Waals surface area contributed by atoms with Crippen molar-refractivity contribution in [3.63, 3.8) is 0 Å². The predicted molar refractivity (Wildman–Crippen MR) is 120 cm³/mol. The smallest absolute Gasteiger partial charge is 0.268 e. The molecule has 4 rings (SSSR count). The fourth-order valence-electron chi connectivity index (χ4n) is 3.02. The number of pyridine rings is 2. The van der Waals surface area contributed by atoms with Gasteiger partial charge in [0.15, 0.2) is 0 Å².